The predicted octanol–water partition coefficient (Wildman–Crippen LogP) is 8.00. The summed E-state index contributed by atoms with van der Waals surface area (Å²) in [6.07, 6.45) is 24.0. The van der Waals surface area contributed by atoms with Crippen LogP contribution in [0.4, 0.5) is 0 Å². The van der Waals surface area contributed by atoms with E-state index in [2.05, 4.69) is 13.8 Å². The van der Waals surface area contributed by atoms with Crippen LogP contribution in [0.5, 0.6) is 0 Å². The lowest BCUT2D eigenvalue weighted by molar-refractivity contribution is -0.135. The van der Waals surface area contributed by atoms with Gasteiger partial charge in [0.15, 0.2) is 0 Å². The predicted molar refractivity (Wildman–Crippen MR) is 118 cm³/mol. The molecule has 0 aliphatic heterocycles. The number of unbranched alkanes of at least 4 members (excludes halogenated alkanes) is 16. The van der Waals surface area contributed by atoms with E-state index < -0.39 is 5.97 Å². The molecule has 0 unspecified atom stereocenters. The van der Waals surface area contributed by atoms with Crippen molar-refractivity contribution in [2.75, 3.05) is 6.61 Å². The Kier molecular flexibility index (Phi) is 20.8. The van der Waals surface area contributed by atoms with Gasteiger partial charge in [-0.3, -0.25) is 5.41 Å². The average molecular weight is 382 g/mol. The Morgan fingerprint density at radius 2 is 0.963 bits per heavy atom. The van der Waals surface area contributed by atoms with Crippen LogP contribution in [0, 0.1) is 5.41 Å². The van der Waals surface area contributed by atoms with Gasteiger partial charge in [0.2, 0.25) is 0 Å². The lowest BCUT2D eigenvalue weighted by atomic mass is 10.0. The van der Waals surface area contributed by atoms with Gasteiger partial charge in [-0.05, 0) is 19.3 Å². The minimum absolute atomic E-state index is 0.133. The highest BCUT2D eigenvalue weighted by Gasteiger charge is 2.09. The summed E-state index contributed by atoms with van der Waals surface area (Å²) in [5.41, 5.74) is 0.133. The molecule has 0 amide bonds. The molecule has 0 saturated carbocycles. The van der Waals surface area contributed by atoms with Gasteiger partial charge >= 0.3 is 5.97 Å². The lowest BCUT2D eigenvalue weighted by Crippen LogP contribution is -2.17. The van der Waals surface area contributed by atoms with Crippen LogP contribution in [0.3, 0.4) is 0 Å². The van der Waals surface area contributed by atoms with Crippen molar-refractivity contribution in [2.24, 2.45) is 0 Å². The molecule has 0 spiro atoms. The van der Waals surface area contributed by atoms with Gasteiger partial charge < -0.3 is 4.74 Å². The molecule has 0 saturated heterocycles. The second-order valence-corrected chi connectivity index (χ2v) is 8.02. The summed E-state index contributed by atoms with van der Waals surface area (Å²) >= 11 is 0. The van der Waals surface area contributed by atoms with Crippen LogP contribution in [-0.2, 0) is 9.53 Å². The van der Waals surface area contributed by atoms with Gasteiger partial charge in [-0.1, -0.05) is 117 Å². The van der Waals surface area contributed by atoms with E-state index in [0.29, 0.717) is 13.0 Å². The summed E-state index contributed by atoms with van der Waals surface area (Å²) in [5.74, 6) is -0.413. The van der Waals surface area contributed by atoms with E-state index >= 15 is 0 Å². The summed E-state index contributed by atoms with van der Waals surface area (Å²) < 4.78 is 5.16. The molecule has 0 fully saturated rings. The molecule has 27 heavy (non-hydrogen) atoms. The van der Waals surface area contributed by atoms with Crippen LogP contribution in [0.25, 0.3) is 0 Å². The Hall–Kier alpha value is -0.860. The minimum atomic E-state index is -0.413. The second-order valence-electron chi connectivity index (χ2n) is 8.02. The number of carbonyl (C=O) groups is 1. The van der Waals surface area contributed by atoms with Crippen molar-refractivity contribution in [1.29, 1.82) is 5.41 Å². The van der Waals surface area contributed by atoms with Crippen molar-refractivity contribution in [1.82, 2.24) is 0 Å². The van der Waals surface area contributed by atoms with E-state index in [1.165, 1.54) is 89.9 Å². The highest BCUT2D eigenvalue weighted by atomic mass is 16.5. The molecule has 3 heteroatoms. The van der Waals surface area contributed by atoms with Gasteiger partial charge in [-0.15, -0.1) is 0 Å². The minimum Gasteiger partial charge on any atom is -0.461 e. The third-order valence-corrected chi connectivity index (χ3v) is 5.26. The van der Waals surface area contributed by atoms with Crippen LogP contribution in [0.1, 0.15) is 136 Å². The molecule has 0 rings (SSSR count). The Balaban J connectivity index is 3.16. The first-order valence-corrected chi connectivity index (χ1v) is 12.0. The standard InChI is InChI=1S/C24H47NO2/c1-3-5-7-8-9-10-11-12-13-14-15-16-17-18-19-20-22-27-24(26)23(25)21-6-4-2/h25H,3-22H2,1-2H3. The highest BCUT2D eigenvalue weighted by Crippen LogP contribution is 2.13. The molecule has 0 aromatic heterocycles. The monoisotopic (exact) mass is 381 g/mol. The zero-order valence-electron chi connectivity index (χ0n) is 18.5. The normalized spacial score (nSPS) is 10.9. The molecule has 0 atom stereocenters. The van der Waals surface area contributed by atoms with E-state index in [1.54, 1.807) is 0 Å². The second kappa shape index (κ2) is 21.4. The molecule has 0 aliphatic rings. The molecular weight excluding hydrogens is 334 g/mol. The molecule has 0 aromatic rings. The van der Waals surface area contributed by atoms with Crippen molar-refractivity contribution in [2.45, 2.75) is 136 Å². The number of nitrogens with one attached hydrogen (secondary N) is 1. The summed E-state index contributed by atoms with van der Waals surface area (Å²) in [4.78, 5) is 11.6. The molecule has 0 radical (unpaired) electrons. The van der Waals surface area contributed by atoms with Gasteiger partial charge in [0, 0.05) is 0 Å². The summed E-state index contributed by atoms with van der Waals surface area (Å²) in [6, 6.07) is 0. The maximum atomic E-state index is 11.6. The lowest BCUT2D eigenvalue weighted by Gasteiger charge is -2.06. The van der Waals surface area contributed by atoms with Crippen molar-refractivity contribution >= 4 is 11.7 Å². The first-order valence-electron chi connectivity index (χ1n) is 12.0. The van der Waals surface area contributed by atoms with Crippen LogP contribution in [-0.4, -0.2) is 18.3 Å². The fraction of sp³-hybridized carbons (Fsp3) is 0.917. The van der Waals surface area contributed by atoms with Gasteiger partial charge in [0.1, 0.15) is 5.71 Å². The fourth-order valence-electron chi connectivity index (χ4n) is 3.36. The van der Waals surface area contributed by atoms with Gasteiger partial charge in [0.05, 0.1) is 6.61 Å². The Bertz CT molecular complexity index is 341. The largest absolute Gasteiger partial charge is 0.461 e. The Morgan fingerprint density at radius 1 is 0.593 bits per heavy atom. The number of hydrogen-bond acceptors (Lipinski definition) is 3. The zero-order chi connectivity index (χ0) is 20.0. The van der Waals surface area contributed by atoms with Gasteiger partial charge in [-0.25, -0.2) is 4.79 Å². The average Bonchev–Trinajstić information content (AvgIpc) is 2.68. The van der Waals surface area contributed by atoms with Crippen LogP contribution < -0.4 is 0 Å². The van der Waals surface area contributed by atoms with Crippen molar-refractivity contribution < 1.29 is 9.53 Å². The Morgan fingerprint density at radius 3 is 1.37 bits per heavy atom. The summed E-state index contributed by atoms with van der Waals surface area (Å²) in [5, 5.41) is 7.62. The van der Waals surface area contributed by atoms with E-state index in [4.69, 9.17) is 10.1 Å². The van der Waals surface area contributed by atoms with Crippen molar-refractivity contribution in [3.05, 3.63) is 0 Å². The van der Waals surface area contributed by atoms with Gasteiger partial charge in [-0.2, -0.15) is 0 Å². The molecule has 0 aliphatic carbocycles. The van der Waals surface area contributed by atoms with E-state index in [-0.39, 0.29) is 5.71 Å². The molecule has 1 N–H and O–H groups in total. The van der Waals surface area contributed by atoms with Crippen LogP contribution in [0.15, 0.2) is 0 Å². The first kappa shape index (κ1) is 26.1. The van der Waals surface area contributed by atoms with Crippen molar-refractivity contribution in [3.8, 4) is 0 Å². The van der Waals surface area contributed by atoms with Crippen LogP contribution >= 0.6 is 0 Å². The maximum absolute atomic E-state index is 11.6. The highest BCUT2D eigenvalue weighted by molar-refractivity contribution is 6.35. The van der Waals surface area contributed by atoms with E-state index in [0.717, 1.165) is 25.7 Å². The van der Waals surface area contributed by atoms with Crippen LogP contribution in [0.2, 0.25) is 0 Å². The van der Waals surface area contributed by atoms with E-state index in [9.17, 15) is 4.79 Å². The number of esters is 1. The summed E-state index contributed by atoms with van der Waals surface area (Å²) in [7, 11) is 0. The maximum Gasteiger partial charge on any atom is 0.351 e. The van der Waals surface area contributed by atoms with Gasteiger partial charge in [0.25, 0.3) is 0 Å². The summed E-state index contributed by atoms with van der Waals surface area (Å²) in [6.45, 7) is 4.82. The number of rotatable bonds is 21. The number of carbonyl (C=O) groups excluding carboxylic acids is 1. The molecule has 0 bridgehead atoms. The van der Waals surface area contributed by atoms with E-state index in [1.807, 2.05) is 0 Å². The zero-order valence-corrected chi connectivity index (χ0v) is 18.5. The molecule has 0 aromatic carbocycles. The SMILES string of the molecule is CCCCCCCCCCCCCCCCCCOC(=O)C(=N)CCCC. The smallest absolute Gasteiger partial charge is 0.351 e. The quantitative estimate of drug-likeness (QED) is 0.124. The fourth-order valence-corrected chi connectivity index (χ4v) is 3.36. The number of ether oxygens (including phenoxy) is 1. The first-order chi connectivity index (χ1) is 13.2. The topological polar surface area (TPSA) is 50.2 Å². The number of hydrogen-bond donors (Lipinski definition) is 1. The third kappa shape index (κ3) is 19.7. The van der Waals surface area contributed by atoms with Crippen molar-refractivity contribution in [3.63, 3.8) is 0 Å². The Labute approximate surface area is 169 Å². The molecule has 0 heterocycles. The third-order valence-electron chi connectivity index (χ3n) is 5.26. The molecule has 160 valence electrons. The molecular formula is C24H47NO2. The molecule has 3 nitrogen and oxygen atoms in total.